The molecule has 2 amide bonds. The van der Waals surface area contributed by atoms with Crippen LogP contribution in [0.5, 0.6) is 0 Å². The van der Waals surface area contributed by atoms with Crippen LogP contribution in [0.15, 0.2) is 36.6 Å². The SMILES string of the molecule is C.CO/N=C(\C(=O)N[C@@H]1C(=O)N2C(C(=O)O)=C(CSc3nc(=O)c(=O)[nH]n3C)CS[C@H]12)c1csc(N)n1.[Na+].[Na+]. The number of aryl methyl sites for hydroxylation is 1. The van der Waals surface area contributed by atoms with Crippen LogP contribution in [0.4, 0.5) is 5.13 Å². The van der Waals surface area contributed by atoms with Crippen molar-refractivity contribution < 1.29 is 83.4 Å². The Bertz CT molecular complexity index is 1440. The first-order valence-corrected chi connectivity index (χ1v) is 12.9. The summed E-state index contributed by atoms with van der Waals surface area (Å²) < 4.78 is 1.25. The van der Waals surface area contributed by atoms with Gasteiger partial charge in [0.05, 0.1) is 0 Å². The van der Waals surface area contributed by atoms with Gasteiger partial charge < -0.3 is 21.0 Å². The molecular formula is C19H22N8Na2O7S3+2. The summed E-state index contributed by atoms with van der Waals surface area (Å²) in [5.41, 5.74) is 4.00. The molecule has 2 aromatic heterocycles. The summed E-state index contributed by atoms with van der Waals surface area (Å²) in [5.74, 6) is -2.30. The van der Waals surface area contributed by atoms with Crippen LogP contribution in [0.3, 0.4) is 0 Å². The van der Waals surface area contributed by atoms with E-state index in [1.807, 2.05) is 0 Å². The number of aromatic nitrogens is 4. The van der Waals surface area contributed by atoms with Crippen molar-refractivity contribution in [1.82, 2.24) is 30.0 Å². The number of carbonyl (C=O) groups excluding carboxylic acids is 2. The third-order valence-electron chi connectivity index (χ3n) is 5.02. The van der Waals surface area contributed by atoms with Crippen LogP contribution in [-0.4, -0.2) is 83.3 Å². The Morgan fingerprint density at radius 3 is 2.62 bits per heavy atom. The van der Waals surface area contributed by atoms with Gasteiger partial charge >= 0.3 is 76.2 Å². The van der Waals surface area contributed by atoms with Crippen LogP contribution in [0.1, 0.15) is 13.1 Å². The predicted octanol–water partition coefficient (Wildman–Crippen LogP) is -6.97. The predicted molar refractivity (Wildman–Crippen MR) is 137 cm³/mol. The van der Waals surface area contributed by atoms with Gasteiger partial charge in [-0.1, -0.05) is 24.3 Å². The number of amides is 2. The maximum Gasteiger partial charge on any atom is 1.00 e. The number of anilines is 1. The van der Waals surface area contributed by atoms with Gasteiger partial charge in [-0.2, -0.15) is 4.98 Å². The van der Waals surface area contributed by atoms with Crippen molar-refractivity contribution in [2.24, 2.45) is 12.2 Å². The normalized spacial score (nSPS) is 18.1. The number of aliphatic carboxylic acids is 1. The van der Waals surface area contributed by atoms with Crippen LogP contribution in [-0.2, 0) is 26.3 Å². The second kappa shape index (κ2) is 14.8. The van der Waals surface area contributed by atoms with Crippen LogP contribution < -0.4 is 81.3 Å². The standard InChI is InChI=1S/C18H18N8O7S3.CH4.2Na/c1-25-18(22-12(28)13(29)23-25)36-4-6-3-34-15-9(14(30)26(15)10(6)16(31)32)21-11(27)8(24-33-2)7-5-35-17(19)20-7;;;/h5,9,15H,3-4H2,1-2H3,(H2,19,20)(H,21,27)(H,23,29)(H,31,32);1H4;;/q;;2*+1/b24-8-;;;/t9-,15-;;;/m1.../s1. The van der Waals surface area contributed by atoms with Crippen molar-refractivity contribution in [3.63, 3.8) is 0 Å². The number of thioether (sulfide) groups is 2. The molecule has 39 heavy (non-hydrogen) atoms. The molecule has 1 saturated heterocycles. The van der Waals surface area contributed by atoms with Gasteiger partial charge in [0.25, 0.3) is 11.8 Å². The molecule has 0 bridgehead atoms. The third kappa shape index (κ3) is 7.36. The number of nitrogens with two attached hydrogens (primary N) is 1. The smallest absolute Gasteiger partial charge is 0.477 e. The molecular weight excluding hydrogens is 594 g/mol. The Balaban J connectivity index is 0.00000253. The number of H-pyrrole nitrogens is 1. The van der Waals surface area contributed by atoms with E-state index in [1.165, 1.54) is 36.0 Å². The molecule has 5 N–H and O–H groups in total. The zero-order valence-corrected chi connectivity index (χ0v) is 27.0. The topological polar surface area (TPSA) is 215 Å². The van der Waals surface area contributed by atoms with Crippen molar-refractivity contribution in [1.29, 1.82) is 0 Å². The van der Waals surface area contributed by atoms with Crippen molar-refractivity contribution in [2.45, 2.75) is 24.0 Å². The second-order valence-electron chi connectivity index (χ2n) is 7.30. The van der Waals surface area contributed by atoms with E-state index in [2.05, 4.69) is 25.5 Å². The Hall–Kier alpha value is -1.64. The second-order valence-corrected chi connectivity index (χ2v) is 10.2. The molecule has 2 aromatic rings. The number of aromatic amines is 1. The number of nitrogens with zero attached hydrogens (tertiary/aromatic N) is 5. The van der Waals surface area contributed by atoms with E-state index >= 15 is 0 Å². The summed E-state index contributed by atoms with van der Waals surface area (Å²) in [6.45, 7) is 0. The largest absolute Gasteiger partial charge is 1.00 e. The molecule has 4 rings (SSSR count). The average Bonchev–Trinajstić information content (AvgIpc) is 3.27. The third-order valence-corrected chi connectivity index (χ3v) is 8.15. The first-order chi connectivity index (χ1) is 17.1. The van der Waals surface area contributed by atoms with E-state index in [0.717, 1.165) is 28.0 Å². The van der Waals surface area contributed by atoms with Crippen molar-refractivity contribution in [3.8, 4) is 0 Å². The summed E-state index contributed by atoms with van der Waals surface area (Å²) in [7, 11) is 2.74. The molecule has 0 aromatic carbocycles. The molecule has 2 aliphatic rings. The van der Waals surface area contributed by atoms with Gasteiger partial charge in [0.1, 0.15) is 29.9 Å². The van der Waals surface area contributed by atoms with E-state index in [1.54, 1.807) is 0 Å². The summed E-state index contributed by atoms with van der Waals surface area (Å²) in [4.78, 5) is 74.3. The fourth-order valence-corrected chi connectivity index (χ4v) is 6.39. The number of hydrogen-bond acceptors (Lipinski definition) is 13. The van der Waals surface area contributed by atoms with Crippen LogP contribution in [0.25, 0.3) is 0 Å². The Labute approximate surface area is 278 Å². The molecule has 0 spiro atoms. The average molecular weight is 617 g/mol. The molecule has 1 fully saturated rings. The van der Waals surface area contributed by atoms with Gasteiger partial charge in [-0.25, -0.2) is 9.78 Å². The number of carboxylic acid groups (broad SMARTS) is 1. The number of nitrogen functional groups attached to an aromatic ring is 1. The fourth-order valence-electron chi connectivity index (χ4n) is 3.44. The minimum atomic E-state index is -1.31. The molecule has 0 radical (unpaired) electrons. The number of hydrogen-bond donors (Lipinski definition) is 4. The number of carboxylic acids is 1. The summed E-state index contributed by atoms with van der Waals surface area (Å²) >= 11 is 3.41. The van der Waals surface area contributed by atoms with Crippen LogP contribution in [0.2, 0.25) is 0 Å². The van der Waals surface area contributed by atoms with E-state index in [4.69, 9.17) is 10.6 Å². The molecule has 0 aliphatic carbocycles. The van der Waals surface area contributed by atoms with Crippen LogP contribution >= 0.6 is 34.9 Å². The van der Waals surface area contributed by atoms with Gasteiger partial charge in [0, 0.05) is 23.9 Å². The first kappa shape index (κ1) is 35.4. The van der Waals surface area contributed by atoms with E-state index < -0.39 is 40.3 Å². The summed E-state index contributed by atoms with van der Waals surface area (Å²) in [5, 5.41) is 19.6. The molecule has 15 nitrogen and oxygen atoms in total. The minimum Gasteiger partial charge on any atom is -0.477 e. The zero-order valence-electron chi connectivity index (χ0n) is 20.6. The van der Waals surface area contributed by atoms with Gasteiger partial charge in [-0.05, 0) is 5.57 Å². The molecule has 4 heterocycles. The van der Waals surface area contributed by atoms with E-state index in [0.29, 0.717) is 5.57 Å². The fraction of sp³-hybridized carbons (Fsp3) is 0.368. The van der Waals surface area contributed by atoms with Gasteiger partial charge in [0.2, 0.25) is 0 Å². The number of oxime groups is 1. The molecule has 2 atom stereocenters. The number of fused-ring (bicyclic) bond motifs is 1. The first-order valence-electron chi connectivity index (χ1n) is 9.96. The number of thiazole rings is 1. The number of β-lactam (4-membered cyclic amide) rings is 1. The van der Waals surface area contributed by atoms with Gasteiger partial charge in [0.15, 0.2) is 16.0 Å². The molecule has 198 valence electrons. The van der Waals surface area contributed by atoms with E-state index in [9.17, 15) is 29.1 Å². The quantitative estimate of drug-likeness (QED) is 0.0544. The van der Waals surface area contributed by atoms with Gasteiger partial charge in [-0.3, -0.25) is 33.9 Å². The monoisotopic (exact) mass is 616 g/mol. The molecule has 0 unspecified atom stereocenters. The van der Waals surface area contributed by atoms with Crippen molar-refractivity contribution in [3.05, 3.63) is 43.1 Å². The summed E-state index contributed by atoms with van der Waals surface area (Å²) in [6, 6.07) is -0.995. The maximum atomic E-state index is 12.9. The molecule has 2 aliphatic heterocycles. The van der Waals surface area contributed by atoms with Crippen LogP contribution in [0, 0.1) is 0 Å². The van der Waals surface area contributed by atoms with Crippen molar-refractivity contribution in [2.75, 3.05) is 24.3 Å². The zero-order chi connectivity index (χ0) is 26.1. The molecule has 0 saturated carbocycles. The van der Waals surface area contributed by atoms with E-state index in [-0.39, 0.29) is 105 Å². The Morgan fingerprint density at radius 1 is 1.33 bits per heavy atom. The number of carbonyl (C=O) groups is 3. The Morgan fingerprint density at radius 2 is 2.03 bits per heavy atom. The number of nitrogens with one attached hydrogen (secondary N) is 2. The number of rotatable bonds is 8. The van der Waals surface area contributed by atoms with Crippen molar-refractivity contribution >= 4 is 63.5 Å². The Kier molecular flexibility index (Phi) is 13.5. The summed E-state index contributed by atoms with van der Waals surface area (Å²) in [6.07, 6.45) is 0. The maximum absolute atomic E-state index is 12.9. The van der Waals surface area contributed by atoms with Gasteiger partial charge in [-0.15, -0.1) is 23.1 Å². The minimum absolute atomic E-state index is 0. The molecule has 20 heteroatoms.